The van der Waals surface area contributed by atoms with Gasteiger partial charge in [-0.3, -0.25) is 4.57 Å². The SMILES string of the molecule is Cc1ccc(-n2c(C(C)Cl)nc3ccccc32)c(F)c1. The van der Waals surface area contributed by atoms with Gasteiger partial charge < -0.3 is 0 Å². The number of rotatable bonds is 2. The van der Waals surface area contributed by atoms with Gasteiger partial charge in [-0.05, 0) is 43.7 Å². The van der Waals surface area contributed by atoms with E-state index in [9.17, 15) is 4.39 Å². The average Bonchev–Trinajstić information content (AvgIpc) is 2.78. The van der Waals surface area contributed by atoms with Crippen molar-refractivity contribution < 1.29 is 4.39 Å². The third-order valence-corrected chi connectivity index (χ3v) is 3.48. The lowest BCUT2D eigenvalue weighted by Crippen LogP contribution is -2.04. The fraction of sp³-hybridized carbons (Fsp3) is 0.188. The van der Waals surface area contributed by atoms with Crippen LogP contribution >= 0.6 is 11.6 Å². The van der Waals surface area contributed by atoms with Gasteiger partial charge in [0.15, 0.2) is 0 Å². The Hall–Kier alpha value is -1.87. The Labute approximate surface area is 121 Å². The van der Waals surface area contributed by atoms with Gasteiger partial charge in [0, 0.05) is 0 Å². The molecule has 0 saturated carbocycles. The van der Waals surface area contributed by atoms with Crippen LogP contribution in [0.15, 0.2) is 42.5 Å². The van der Waals surface area contributed by atoms with Crippen molar-refractivity contribution in [3.05, 3.63) is 59.7 Å². The van der Waals surface area contributed by atoms with Crippen LogP contribution in [0.5, 0.6) is 0 Å². The fourth-order valence-electron chi connectivity index (χ4n) is 2.36. The Balaban J connectivity index is 2.36. The van der Waals surface area contributed by atoms with Crippen LogP contribution in [-0.2, 0) is 0 Å². The van der Waals surface area contributed by atoms with E-state index in [4.69, 9.17) is 11.6 Å². The highest BCUT2D eigenvalue weighted by atomic mass is 35.5. The lowest BCUT2D eigenvalue weighted by atomic mass is 10.2. The van der Waals surface area contributed by atoms with Gasteiger partial charge in [0.2, 0.25) is 0 Å². The number of nitrogens with zero attached hydrogens (tertiary/aromatic N) is 2. The standard InChI is InChI=1S/C16H14ClFN2/c1-10-7-8-14(12(18)9-10)20-15-6-4-3-5-13(15)19-16(20)11(2)17/h3-9,11H,1-2H3. The van der Waals surface area contributed by atoms with E-state index in [1.54, 1.807) is 10.6 Å². The molecule has 3 rings (SSSR count). The summed E-state index contributed by atoms with van der Waals surface area (Å²) in [5.74, 6) is 0.377. The van der Waals surface area contributed by atoms with Gasteiger partial charge in [-0.1, -0.05) is 18.2 Å². The zero-order chi connectivity index (χ0) is 14.3. The molecule has 20 heavy (non-hydrogen) atoms. The number of halogens is 2. The van der Waals surface area contributed by atoms with Gasteiger partial charge in [-0.15, -0.1) is 11.6 Å². The molecule has 2 nitrogen and oxygen atoms in total. The molecule has 1 aromatic heterocycles. The van der Waals surface area contributed by atoms with Crippen molar-refractivity contribution in [2.45, 2.75) is 19.2 Å². The smallest absolute Gasteiger partial charge is 0.147 e. The van der Waals surface area contributed by atoms with Gasteiger partial charge >= 0.3 is 0 Å². The number of aryl methyl sites for hydroxylation is 1. The Bertz CT molecular complexity index is 777. The van der Waals surface area contributed by atoms with Crippen LogP contribution in [0.4, 0.5) is 4.39 Å². The normalized spacial score (nSPS) is 12.8. The third kappa shape index (κ3) is 2.08. The molecule has 4 heteroatoms. The summed E-state index contributed by atoms with van der Waals surface area (Å²) in [5, 5.41) is -0.303. The molecule has 102 valence electrons. The zero-order valence-corrected chi connectivity index (χ0v) is 12.0. The summed E-state index contributed by atoms with van der Waals surface area (Å²) in [4.78, 5) is 4.52. The molecule has 0 N–H and O–H groups in total. The number of hydrogen-bond donors (Lipinski definition) is 0. The molecule has 0 bridgehead atoms. The van der Waals surface area contributed by atoms with E-state index in [-0.39, 0.29) is 11.2 Å². The lowest BCUT2D eigenvalue weighted by molar-refractivity contribution is 0.615. The highest BCUT2D eigenvalue weighted by Crippen LogP contribution is 2.29. The highest BCUT2D eigenvalue weighted by molar-refractivity contribution is 6.20. The molecule has 1 unspecified atom stereocenters. The summed E-state index contributed by atoms with van der Waals surface area (Å²) in [5.41, 5.74) is 3.04. The van der Waals surface area contributed by atoms with E-state index in [0.29, 0.717) is 11.5 Å². The van der Waals surface area contributed by atoms with Crippen LogP contribution < -0.4 is 0 Å². The number of aromatic nitrogens is 2. The molecule has 0 radical (unpaired) electrons. The zero-order valence-electron chi connectivity index (χ0n) is 11.3. The monoisotopic (exact) mass is 288 g/mol. The molecule has 2 aromatic carbocycles. The van der Waals surface area contributed by atoms with Gasteiger partial charge in [0.05, 0.1) is 22.1 Å². The average molecular weight is 289 g/mol. The Kier molecular flexibility index (Phi) is 3.22. The van der Waals surface area contributed by atoms with E-state index in [1.165, 1.54) is 6.07 Å². The topological polar surface area (TPSA) is 17.8 Å². The molecular formula is C16H14ClFN2. The quantitative estimate of drug-likeness (QED) is 0.621. The summed E-state index contributed by atoms with van der Waals surface area (Å²) < 4.78 is 16.1. The van der Waals surface area contributed by atoms with E-state index in [1.807, 2.05) is 44.2 Å². The van der Waals surface area contributed by atoms with E-state index >= 15 is 0 Å². The first kappa shape index (κ1) is 13.1. The fourth-order valence-corrected chi connectivity index (χ4v) is 2.50. The second-order valence-electron chi connectivity index (χ2n) is 4.86. The van der Waals surface area contributed by atoms with Crippen molar-refractivity contribution in [2.75, 3.05) is 0 Å². The van der Waals surface area contributed by atoms with Crippen molar-refractivity contribution in [1.29, 1.82) is 0 Å². The predicted molar refractivity (Wildman–Crippen MR) is 80.0 cm³/mol. The number of hydrogen-bond acceptors (Lipinski definition) is 1. The molecule has 0 spiro atoms. The first-order valence-corrected chi connectivity index (χ1v) is 6.89. The maximum absolute atomic E-state index is 14.3. The van der Waals surface area contributed by atoms with Crippen LogP contribution in [0.25, 0.3) is 16.7 Å². The van der Waals surface area contributed by atoms with E-state index in [2.05, 4.69) is 4.98 Å². The van der Waals surface area contributed by atoms with Gasteiger partial charge in [0.1, 0.15) is 11.6 Å². The van der Waals surface area contributed by atoms with Crippen LogP contribution in [-0.4, -0.2) is 9.55 Å². The van der Waals surface area contributed by atoms with E-state index < -0.39 is 0 Å². The molecule has 0 aliphatic carbocycles. The summed E-state index contributed by atoms with van der Waals surface area (Å²) >= 11 is 6.21. The lowest BCUT2D eigenvalue weighted by Gasteiger charge is -2.12. The van der Waals surface area contributed by atoms with E-state index in [0.717, 1.165) is 16.6 Å². The third-order valence-electron chi connectivity index (χ3n) is 3.29. The van der Waals surface area contributed by atoms with Gasteiger partial charge in [0.25, 0.3) is 0 Å². The van der Waals surface area contributed by atoms with Crippen LogP contribution in [0.3, 0.4) is 0 Å². The molecule has 0 aliphatic heterocycles. The van der Waals surface area contributed by atoms with Crippen LogP contribution in [0.2, 0.25) is 0 Å². The van der Waals surface area contributed by atoms with Crippen molar-refractivity contribution >= 4 is 22.6 Å². The molecule has 1 heterocycles. The maximum Gasteiger partial charge on any atom is 0.147 e. The van der Waals surface area contributed by atoms with Crippen molar-refractivity contribution in [2.24, 2.45) is 0 Å². The van der Waals surface area contributed by atoms with Crippen molar-refractivity contribution in [3.63, 3.8) is 0 Å². The minimum Gasteiger partial charge on any atom is -0.292 e. The molecular weight excluding hydrogens is 275 g/mol. The summed E-state index contributed by atoms with van der Waals surface area (Å²) in [6.45, 7) is 3.70. The minimum absolute atomic E-state index is 0.272. The van der Waals surface area contributed by atoms with Crippen molar-refractivity contribution in [1.82, 2.24) is 9.55 Å². The molecule has 0 fully saturated rings. The van der Waals surface area contributed by atoms with Gasteiger partial charge in [-0.25, -0.2) is 9.37 Å². The van der Waals surface area contributed by atoms with Gasteiger partial charge in [-0.2, -0.15) is 0 Å². The molecule has 0 amide bonds. The second-order valence-corrected chi connectivity index (χ2v) is 5.52. The molecule has 0 saturated heterocycles. The number of para-hydroxylation sites is 2. The number of alkyl halides is 1. The molecule has 3 aromatic rings. The summed E-state index contributed by atoms with van der Waals surface area (Å²) in [7, 11) is 0. The second kappa shape index (κ2) is 4.91. The Morgan fingerprint density at radius 1 is 1.20 bits per heavy atom. The Morgan fingerprint density at radius 2 is 1.95 bits per heavy atom. The van der Waals surface area contributed by atoms with Crippen LogP contribution in [0, 0.1) is 12.7 Å². The highest BCUT2D eigenvalue weighted by Gasteiger charge is 2.18. The number of imidazole rings is 1. The van der Waals surface area contributed by atoms with Crippen molar-refractivity contribution in [3.8, 4) is 5.69 Å². The summed E-state index contributed by atoms with van der Waals surface area (Å²) in [6, 6.07) is 12.8. The number of fused-ring (bicyclic) bond motifs is 1. The first-order chi connectivity index (χ1) is 9.58. The largest absolute Gasteiger partial charge is 0.292 e. The number of benzene rings is 2. The maximum atomic E-state index is 14.3. The first-order valence-electron chi connectivity index (χ1n) is 6.46. The molecule has 1 atom stereocenters. The van der Waals surface area contributed by atoms with Crippen LogP contribution in [0.1, 0.15) is 23.7 Å². The predicted octanol–water partition coefficient (Wildman–Crippen LogP) is 4.77. The summed E-state index contributed by atoms with van der Waals surface area (Å²) in [6.07, 6.45) is 0. The Morgan fingerprint density at radius 3 is 2.65 bits per heavy atom. The minimum atomic E-state index is -0.303. The molecule has 0 aliphatic rings.